The molecule has 1 N–H and O–H groups in total. The van der Waals surface area contributed by atoms with Crippen LogP contribution in [0.25, 0.3) is 10.6 Å². The zero-order valence-corrected chi connectivity index (χ0v) is 16.5. The van der Waals surface area contributed by atoms with E-state index in [2.05, 4.69) is 20.7 Å². The van der Waals surface area contributed by atoms with Crippen molar-refractivity contribution >= 4 is 28.6 Å². The van der Waals surface area contributed by atoms with E-state index in [1.807, 2.05) is 31.2 Å². The van der Waals surface area contributed by atoms with Gasteiger partial charge in [0.15, 0.2) is 0 Å². The summed E-state index contributed by atoms with van der Waals surface area (Å²) in [4.78, 5) is 21.1. The van der Waals surface area contributed by atoms with Gasteiger partial charge in [0.05, 0.1) is 12.1 Å². The topological polar surface area (TPSA) is 64.1 Å². The number of unbranched alkanes of at least 4 members (excludes halogenated alkanes) is 1. The third kappa shape index (κ3) is 4.89. The van der Waals surface area contributed by atoms with Crippen molar-refractivity contribution in [2.24, 2.45) is 0 Å². The van der Waals surface area contributed by atoms with Crippen LogP contribution in [0.5, 0.6) is 5.75 Å². The predicted octanol–water partition coefficient (Wildman–Crippen LogP) is 4.34. The highest BCUT2D eigenvalue weighted by atomic mass is 32.1. The number of thiazole rings is 2. The molecule has 0 saturated heterocycles. The second-order valence-corrected chi connectivity index (χ2v) is 7.66. The minimum absolute atomic E-state index is 0.119. The van der Waals surface area contributed by atoms with Gasteiger partial charge < -0.3 is 10.1 Å². The smallest absolute Gasteiger partial charge is 0.270 e. The van der Waals surface area contributed by atoms with Crippen LogP contribution in [0.4, 0.5) is 0 Å². The summed E-state index contributed by atoms with van der Waals surface area (Å²) in [5, 5.41) is 8.80. The van der Waals surface area contributed by atoms with Crippen molar-refractivity contribution in [3.8, 4) is 16.3 Å². The number of nitrogens with one attached hydrogen (secondary N) is 1. The number of carbonyl (C=O) groups excluding carboxylic acids is 1. The van der Waals surface area contributed by atoms with Crippen molar-refractivity contribution in [2.75, 3.05) is 13.7 Å². The Morgan fingerprint density at radius 3 is 2.62 bits per heavy atom. The highest BCUT2D eigenvalue weighted by molar-refractivity contribution is 7.13. The first kappa shape index (κ1) is 18.5. The lowest BCUT2D eigenvalue weighted by Crippen LogP contribution is -2.24. The molecule has 0 bridgehead atoms. The van der Waals surface area contributed by atoms with Gasteiger partial charge in [-0.15, -0.1) is 22.7 Å². The van der Waals surface area contributed by atoms with Gasteiger partial charge in [-0.2, -0.15) is 0 Å². The van der Waals surface area contributed by atoms with E-state index < -0.39 is 0 Å². The minimum Gasteiger partial charge on any atom is -0.497 e. The molecule has 0 aliphatic heterocycles. The lowest BCUT2D eigenvalue weighted by Gasteiger charge is -2.03. The number of aryl methyl sites for hydroxylation is 2. The molecule has 2 aromatic heterocycles. The van der Waals surface area contributed by atoms with Crippen LogP contribution in [0.3, 0.4) is 0 Å². The molecule has 26 heavy (non-hydrogen) atoms. The van der Waals surface area contributed by atoms with E-state index in [0.717, 1.165) is 46.3 Å². The van der Waals surface area contributed by atoms with Crippen LogP contribution in [-0.2, 0) is 6.42 Å². The molecule has 3 rings (SSSR count). The van der Waals surface area contributed by atoms with E-state index in [-0.39, 0.29) is 5.91 Å². The normalized spacial score (nSPS) is 10.7. The number of ether oxygens (including phenoxy) is 1. The molecule has 0 aliphatic rings. The lowest BCUT2D eigenvalue weighted by molar-refractivity contribution is 0.0949. The summed E-state index contributed by atoms with van der Waals surface area (Å²) in [6, 6.07) is 7.67. The van der Waals surface area contributed by atoms with Crippen LogP contribution < -0.4 is 10.1 Å². The minimum atomic E-state index is -0.119. The van der Waals surface area contributed by atoms with Crippen LogP contribution in [0.1, 0.15) is 34.0 Å². The number of aromatic nitrogens is 2. The number of rotatable bonds is 8. The molecule has 0 fully saturated rings. The van der Waals surface area contributed by atoms with Crippen molar-refractivity contribution in [3.05, 3.63) is 51.4 Å². The van der Waals surface area contributed by atoms with Crippen LogP contribution in [-0.4, -0.2) is 29.5 Å². The Kier molecular flexibility index (Phi) is 6.35. The standard InChI is InChI=1S/C19H21N3O2S2/c1-13-11-25-17(21-13)5-3-4-10-20-18(23)16-12-26-19(22-16)14-6-8-15(24-2)9-7-14/h6-9,11-12H,3-5,10H2,1-2H3,(H,20,23). The fraction of sp³-hybridized carbons (Fsp3) is 0.316. The van der Waals surface area contributed by atoms with E-state index in [4.69, 9.17) is 4.74 Å². The maximum atomic E-state index is 12.2. The number of carbonyl (C=O) groups is 1. The Morgan fingerprint density at radius 2 is 1.92 bits per heavy atom. The first-order valence-electron chi connectivity index (χ1n) is 8.45. The van der Waals surface area contributed by atoms with Gasteiger partial charge in [-0.3, -0.25) is 4.79 Å². The number of methoxy groups -OCH3 is 1. The molecule has 0 unspecified atom stereocenters. The first-order chi connectivity index (χ1) is 12.7. The molecule has 1 aromatic carbocycles. The molecule has 1 amide bonds. The van der Waals surface area contributed by atoms with Gasteiger partial charge in [-0.1, -0.05) is 0 Å². The molecule has 0 saturated carbocycles. The summed E-state index contributed by atoms with van der Waals surface area (Å²) in [7, 11) is 1.64. The second kappa shape index (κ2) is 8.91. The molecule has 0 radical (unpaired) electrons. The maximum Gasteiger partial charge on any atom is 0.270 e. The largest absolute Gasteiger partial charge is 0.497 e. The first-order valence-corrected chi connectivity index (χ1v) is 10.2. The summed E-state index contributed by atoms with van der Waals surface area (Å²) in [6.07, 6.45) is 2.91. The number of benzene rings is 1. The number of amides is 1. The maximum absolute atomic E-state index is 12.2. The van der Waals surface area contributed by atoms with Gasteiger partial charge >= 0.3 is 0 Å². The number of hydrogen-bond acceptors (Lipinski definition) is 6. The van der Waals surface area contributed by atoms with Gasteiger partial charge in [0.25, 0.3) is 5.91 Å². The molecule has 0 aliphatic carbocycles. The molecule has 0 atom stereocenters. The van der Waals surface area contributed by atoms with Gasteiger partial charge in [0, 0.05) is 28.6 Å². The monoisotopic (exact) mass is 387 g/mol. The van der Waals surface area contributed by atoms with E-state index >= 15 is 0 Å². The number of hydrogen-bond donors (Lipinski definition) is 1. The van der Waals surface area contributed by atoms with Gasteiger partial charge in [-0.05, 0) is 50.5 Å². The van der Waals surface area contributed by atoms with Crippen LogP contribution in [0.2, 0.25) is 0 Å². The molecular formula is C19H21N3O2S2. The molecule has 5 nitrogen and oxygen atoms in total. The number of nitrogens with zero attached hydrogens (tertiary/aromatic N) is 2. The zero-order chi connectivity index (χ0) is 18.4. The van der Waals surface area contributed by atoms with Crippen molar-refractivity contribution in [1.29, 1.82) is 0 Å². The summed E-state index contributed by atoms with van der Waals surface area (Å²) in [6.45, 7) is 2.66. The van der Waals surface area contributed by atoms with Crippen molar-refractivity contribution in [2.45, 2.75) is 26.2 Å². The summed E-state index contributed by atoms with van der Waals surface area (Å²) in [5.41, 5.74) is 2.53. The Labute approximate surface area is 161 Å². The predicted molar refractivity (Wildman–Crippen MR) is 106 cm³/mol. The van der Waals surface area contributed by atoms with Crippen molar-refractivity contribution in [1.82, 2.24) is 15.3 Å². The zero-order valence-electron chi connectivity index (χ0n) is 14.8. The fourth-order valence-electron chi connectivity index (χ4n) is 2.46. The average molecular weight is 388 g/mol. The van der Waals surface area contributed by atoms with Crippen LogP contribution in [0, 0.1) is 6.92 Å². The highest BCUT2D eigenvalue weighted by Gasteiger charge is 2.11. The lowest BCUT2D eigenvalue weighted by atomic mass is 10.2. The third-order valence-electron chi connectivity index (χ3n) is 3.84. The Balaban J connectivity index is 1.45. The van der Waals surface area contributed by atoms with Crippen molar-refractivity contribution in [3.63, 3.8) is 0 Å². The second-order valence-electron chi connectivity index (χ2n) is 5.86. The van der Waals surface area contributed by atoms with Gasteiger partial charge in [-0.25, -0.2) is 9.97 Å². The Bertz CT molecular complexity index is 856. The third-order valence-corrected chi connectivity index (χ3v) is 5.76. The SMILES string of the molecule is COc1ccc(-c2nc(C(=O)NCCCCc3nc(C)cs3)cs2)cc1. The fourth-order valence-corrected chi connectivity index (χ4v) is 4.08. The van der Waals surface area contributed by atoms with E-state index in [9.17, 15) is 4.79 Å². The van der Waals surface area contributed by atoms with Crippen molar-refractivity contribution < 1.29 is 9.53 Å². The molecule has 7 heteroatoms. The van der Waals surface area contributed by atoms with Gasteiger partial charge in [0.1, 0.15) is 16.5 Å². The van der Waals surface area contributed by atoms with Crippen LogP contribution >= 0.6 is 22.7 Å². The molecule has 136 valence electrons. The summed E-state index contributed by atoms with van der Waals surface area (Å²) < 4.78 is 5.16. The Morgan fingerprint density at radius 1 is 1.12 bits per heavy atom. The molecular weight excluding hydrogens is 366 g/mol. The quantitative estimate of drug-likeness (QED) is 0.584. The van der Waals surface area contributed by atoms with E-state index in [1.54, 1.807) is 23.8 Å². The summed E-state index contributed by atoms with van der Waals surface area (Å²) in [5.74, 6) is 0.683. The van der Waals surface area contributed by atoms with Crippen LogP contribution in [0.15, 0.2) is 35.0 Å². The van der Waals surface area contributed by atoms with E-state index in [1.165, 1.54) is 11.3 Å². The summed E-state index contributed by atoms with van der Waals surface area (Å²) >= 11 is 3.17. The Hall–Kier alpha value is -2.25. The molecule has 3 aromatic rings. The average Bonchev–Trinajstić information content (AvgIpc) is 3.31. The highest BCUT2D eigenvalue weighted by Crippen LogP contribution is 2.25. The van der Waals surface area contributed by atoms with E-state index in [0.29, 0.717) is 12.2 Å². The molecule has 0 spiro atoms. The molecule has 2 heterocycles. The van der Waals surface area contributed by atoms with Gasteiger partial charge in [0.2, 0.25) is 0 Å².